The molecule has 0 aliphatic carbocycles. The van der Waals surface area contributed by atoms with Crippen LogP contribution in [0.1, 0.15) is 113 Å². The third kappa shape index (κ3) is 6.17. The zero-order valence-electron chi connectivity index (χ0n) is 21.6. The molecule has 2 unspecified atom stereocenters. The van der Waals surface area contributed by atoms with E-state index in [1.165, 1.54) is 86.8 Å². The summed E-state index contributed by atoms with van der Waals surface area (Å²) >= 11 is 4.11. The highest BCUT2D eigenvalue weighted by Gasteiger charge is 2.20. The fourth-order valence-corrected chi connectivity index (χ4v) is 7.71. The third-order valence-corrected chi connectivity index (χ3v) is 9.82. The molecule has 2 aromatic heterocycles. The topological polar surface area (TPSA) is 0 Å². The molecule has 0 amide bonds. The molecule has 0 saturated carbocycles. The van der Waals surface area contributed by atoms with E-state index in [9.17, 15) is 0 Å². The van der Waals surface area contributed by atoms with Crippen LogP contribution in [0.2, 0.25) is 0 Å². The molecule has 3 aromatic rings. The first-order valence-corrected chi connectivity index (χ1v) is 15.1. The highest BCUT2D eigenvalue weighted by Crippen LogP contribution is 2.43. The van der Waals surface area contributed by atoms with E-state index in [0.29, 0.717) is 0 Å². The molecule has 0 aliphatic rings. The van der Waals surface area contributed by atoms with E-state index in [2.05, 4.69) is 76.3 Å². The van der Waals surface area contributed by atoms with E-state index in [0.717, 1.165) is 11.8 Å². The van der Waals surface area contributed by atoms with Crippen LogP contribution in [0.5, 0.6) is 0 Å². The van der Waals surface area contributed by atoms with Crippen LogP contribution in [0.25, 0.3) is 20.2 Å². The maximum absolute atomic E-state index is 2.51. The van der Waals surface area contributed by atoms with Gasteiger partial charge in [0.05, 0.1) is 0 Å². The monoisotopic (exact) mass is 470 g/mol. The predicted octanol–water partition coefficient (Wildman–Crippen LogP) is 11.0. The highest BCUT2D eigenvalue weighted by molar-refractivity contribution is 7.21. The summed E-state index contributed by atoms with van der Waals surface area (Å²) in [6, 6.07) is 5.02. The molecule has 2 heteroatoms. The number of unbranched alkanes of at least 4 members (excludes halogenated alkanes) is 2. The Kier molecular flexibility index (Phi) is 10.1. The molecule has 0 radical (unpaired) electrons. The maximum Gasteiger partial charge on any atom is 0.0387 e. The minimum Gasteiger partial charge on any atom is -0.140 e. The van der Waals surface area contributed by atoms with Gasteiger partial charge >= 0.3 is 0 Å². The normalized spacial score (nSPS) is 13.9. The van der Waals surface area contributed by atoms with Crippen LogP contribution in [0.15, 0.2) is 12.1 Å². The fourth-order valence-electron chi connectivity index (χ4n) is 5.45. The molecule has 0 aliphatic heterocycles. The first kappa shape index (κ1) is 25.8. The second kappa shape index (κ2) is 12.6. The number of benzene rings is 1. The molecule has 0 nitrogen and oxygen atoms in total. The van der Waals surface area contributed by atoms with E-state index in [-0.39, 0.29) is 0 Å². The molecule has 2 heterocycles. The lowest BCUT2D eigenvalue weighted by molar-refractivity contribution is 0.422. The summed E-state index contributed by atoms with van der Waals surface area (Å²) in [6.07, 6.45) is 16.1. The van der Waals surface area contributed by atoms with E-state index >= 15 is 0 Å². The molecule has 32 heavy (non-hydrogen) atoms. The number of rotatable bonds is 14. The summed E-state index contributed by atoms with van der Waals surface area (Å²) in [4.78, 5) is 2.96. The largest absolute Gasteiger partial charge is 0.140 e. The van der Waals surface area contributed by atoms with Gasteiger partial charge in [-0.2, -0.15) is 0 Å². The summed E-state index contributed by atoms with van der Waals surface area (Å²) in [7, 11) is 0. The standard InChI is InChI=1S/C30H46S2/c1-7-11-13-23(9-3)15-17-25-27-19-21(5)32-30(27)26(28-20-22(6)31-29(25)28)18-16-24(10-4)14-12-8-2/h19-20,23-24H,7-18H2,1-6H3. The summed E-state index contributed by atoms with van der Waals surface area (Å²) < 4.78 is 3.21. The Morgan fingerprint density at radius 3 is 1.38 bits per heavy atom. The van der Waals surface area contributed by atoms with E-state index < -0.39 is 0 Å². The molecule has 3 rings (SSSR count). The van der Waals surface area contributed by atoms with Gasteiger partial charge < -0.3 is 0 Å². The van der Waals surface area contributed by atoms with Gasteiger partial charge in [0.15, 0.2) is 0 Å². The molecule has 0 spiro atoms. The van der Waals surface area contributed by atoms with Gasteiger partial charge in [0.1, 0.15) is 0 Å². The van der Waals surface area contributed by atoms with Gasteiger partial charge in [-0.05, 0) is 85.4 Å². The van der Waals surface area contributed by atoms with Gasteiger partial charge in [0.25, 0.3) is 0 Å². The molecule has 0 N–H and O–H groups in total. The molecule has 2 atom stereocenters. The summed E-state index contributed by atoms with van der Waals surface area (Å²) in [5.41, 5.74) is 3.32. The Morgan fingerprint density at radius 1 is 0.625 bits per heavy atom. The average Bonchev–Trinajstić information content (AvgIpc) is 3.36. The maximum atomic E-state index is 2.51. The molecule has 1 aromatic carbocycles. The summed E-state index contributed by atoms with van der Waals surface area (Å²) in [5, 5.41) is 3.17. The molecule has 178 valence electrons. The van der Waals surface area contributed by atoms with Crippen molar-refractivity contribution in [1.29, 1.82) is 0 Å². The Labute approximate surface area is 205 Å². The quantitative estimate of drug-likeness (QED) is 0.220. The minimum absolute atomic E-state index is 0.879. The van der Waals surface area contributed by atoms with Crippen LogP contribution >= 0.6 is 22.7 Å². The van der Waals surface area contributed by atoms with Crippen molar-refractivity contribution in [3.63, 3.8) is 0 Å². The van der Waals surface area contributed by atoms with Gasteiger partial charge in [0, 0.05) is 19.2 Å². The van der Waals surface area contributed by atoms with Crippen molar-refractivity contribution < 1.29 is 0 Å². The van der Waals surface area contributed by atoms with Gasteiger partial charge in [-0.15, -0.1) is 22.7 Å². The molecule has 0 bridgehead atoms. The third-order valence-electron chi connectivity index (χ3n) is 7.60. The van der Waals surface area contributed by atoms with E-state index in [4.69, 9.17) is 0 Å². The molecular weight excluding hydrogens is 424 g/mol. The number of hydrogen-bond acceptors (Lipinski definition) is 2. The van der Waals surface area contributed by atoms with Gasteiger partial charge in [0.2, 0.25) is 0 Å². The van der Waals surface area contributed by atoms with Crippen LogP contribution in [0.4, 0.5) is 0 Å². The van der Waals surface area contributed by atoms with Crippen LogP contribution in [0, 0.1) is 25.7 Å². The molecule has 0 fully saturated rings. The van der Waals surface area contributed by atoms with Gasteiger partial charge in [-0.3, -0.25) is 0 Å². The van der Waals surface area contributed by atoms with E-state index in [1.54, 1.807) is 31.3 Å². The van der Waals surface area contributed by atoms with E-state index in [1.807, 2.05) is 0 Å². The van der Waals surface area contributed by atoms with Crippen molar-refractivity contribution in [2.75, 3.05) is 0 Å². The zero-order chi connectivity index (χ0) is 23.1. The summed E-state index contributed by atoms with van der Waals surface area (Å²) in [5.74, 6) is 1.76. The zero-order valence-corrected chi connectivity index (χ0v) is 23.2. The minimum atomic E-state index is 0.879. The molecular formula is C30H46S2. The Balaban J connectivity index is 1.96. The van der Waals surface area contributed by atoms with Crippen LogP contribution in [-0.2, 0) is 12.8 Å². The second-order valence-electron chi connectivity index (χ2n) is 10.1. The molecule has 0 saturated heterocycles. The van der Waals surface area contributed by atoms with Crippen LogP contribution < -0.4 is 0 Å². The first-order valence-electron chi connectivity index (χ1n) is 13.5. The number of aryl methyl sites for hydroxylation is 4. The number of hydrogen-bond donors (Lipinski definition) is 0. The number of thiophene rings is 2. The van der Waals surface area contributed by atoms with Gasteiger partial charge in [-0.25, -0.2) is 0 Å². The van der Waals surface area contributed by atoms with Crippen molar-refractivity contribution in [3.05, 3.63) is 33.0 Å². The lowest BCUT2D eigenvalue weighted by atomic mass is 9.88. The Bertz CT molecular complexity index is 841. The lowest BCUT2D eigenvalue weighted by Crippen LogP contribution is -2.03. The van der Waals surface area contributed by atoms with Crippen molar-refractivity contribution in [2.45, 2.75) is 119 Å². The van der Waals surface area contributed by atoms with Crippen molar-refractivity contribution in [2.24, 2.45) is 11.8 Å². The fraction of sp³-hybridized carbons (Fsp3) is 0.667. The van der Waals surface area contributed by atoms with Crippen molar-refractivity contribution >= 4 is 42.8 Å². The summed E-state index contributed by atoms with van der Waals surface area (Å²) in [6.45, 7) is 14.1. The Morgan fingerprint density at radius 2 is 1.03 bits per heavy atom. The second-order valence-corrected chi connectivity index (χ2v) is 12.6. The SMILES string of the molecule is CCCCC(CC)CCc1c2cc(C)sc2c(CCC(CC)CCCC)c2cc(C)sc12. The highest BCUT2D eigenvalue weighted by atomic mass is 32.1. The smallest absolute Gasteiger partial charge is 0.0387 e. The lowest BCUT2D eigenvalue weighted by Gasteiger charge is -2.18. The van der Waals surface area contributed by atoms with Gasteiger partial charge in [-0.1, -0.05) is 79.1 Å². The van der Waals surface area contributed by atoms with Crippen LogP contribution in [-0.4, -0.2) is 0 Å². The average molecular weight is 471 g/mol. The van der Waals surface area contributed by atoms with Crippen molar-refractivity contribution in [1.82, 2.24) is 0 Å². The number of fused-ring (bicyclic) bond motifs is 2. The van der Waals surface area contributed by atoms with Crippen LogP contribution in [0.3, 0.4) is 0 Å². The Hall–Kier alpha value is -0.860. The van der Waals surface area contributed by atoms with Crippen molar-refractivity contribution in [3.8, 4) is 0 Å². The first-order chi connectivity index (χ1) is 15.5. The predicted molar refractivity (Wildman–Crippen MR) is 150 cm³/mol.